The average Bonchev–Trinajstić information content (AvgIpc) is 2.81. The third-order valence-electron chi connectivity index (χ3n) is 5.49. The summed E-state index contributed by atoms with van der Waals surface area (Å²) in [4.78, 5) is 4.68. The monoisotopic (exact) mass is 401 g/mol. The van der Waals surface area contributed by atoms with E-state index in [1.165, 1.54) is 53.6 Å². The lowest BCUT2D eigenvalue weighted by Crippen LogP contribution is -1.96. The summed E-state index contributed by atoms with van der Waals surface area (Å²) < 4.78 is 5.67. The van der Waals surface area contributed by atoms with E-state index < -0.39 is 0 Å². The number of unbranched alkanes of at least 4 members (excludes halogenated alkanes) is 3. The predicted molar refractivity (Wildman–Crippen MR) is 127 cm³/mol. The van der Waals surface area contributed by atoms with Crippen LogP contribution in [0.5, 0.6) is 5.75 Å². The highest BCUT2D eigenvalue weighted by atomic mass is 16.5. The van der Waals surface area contributed by atoms with E-state index in [0.717, 1.165) is 38.0 Å². The fraction of sp³-hybridized carbons (Fsp3) is 0.393. The first-order valence-corrected chi connectivity index (χ1v) is 11.5. The van der Waals surface area contributed by atoms with Crippen LogP contribution in [0.4, 0.5) is 0 Å². The van der Waals surface area contributed by atoms with Crippen LogP contribution in [0.2, 0.25) is 0 Å². The number of nitrogens with zero attached hydrogens (tertiary/aromatic N) is 1. The summed E-state index contributed by atoms with van der Waals surface area (Å²) in [5, 5.41) is 0. The Morgan fingerprint density at radius 2 is 1.33 bits per heavy atom. The minimum absolute atomic E-state index is 0.768. The Kier molecular flexibility index (Phi) is 8.96. The summed E-state index contributed by atoms with van der Waals surface area (Å²) >= 11 is 0. The van der Waals surface area contributed by atoms with Gasteiger partial charge < -0.3 is 4.74 Å². The summed E-state index contributed by atoms with van der Waals surface area (Å²) in [6.07, 6.45) is 11.5. The van der Waals surface area contributed by atoms with Gasteiger partial charge in [0.25, 0.3) is 0 Å². The lowest BCUT2D eigenvalue weighted by atomic mass is 10.0. The molecule has 1 heterocycles. The maximum atomic E-state index is 5.67. The third kappa shape index (κ3) is 7.02. The SMILES string of the molecule is CCCCCCc1ccc(CCc2ccc(-c3ccc(OCCC)cc3)cc2)nc1. The van der Waals surface area contributed by atoms with Gasteiger partial charge in [-0.3, -0.25) is 4.98 Å². The lowest BCUT2D eigenvalue weighted by Gasteiger charge is -2.08. The fourth-order valence-electron chi connectivity index (χ4n) is 3.61. The van der Waals surface area contributed by atoms with Gasteiger partial charge in [0.05, 0.1) is 6.61 Å². The van der Waals surface area contributed by atoms with E-state index in [0.29, 0.717) is 0 Å². The van der Waals surface area contributed by atoms with Crippen molar-refractivity contribution >= 4 is 0 Å². The van der Waals surface area contributed by atoms with Gasteiger partial charge in [0.1, 0.15) is 5.75 Å². The van der Waals surface area contributed by atoms with E-state index in [4.69, 9.17) is 4.74 Å². The van der Waals surface area contributed by atoms with Crippen LogP contribution in [0.3, 0.4) is 0 Å². The second kappa shape index (κ2) is 12.2. The molecule has 1 aromatic heterocycles. The molecule has 0 aliphatic heterocycles. The molecule has 0 atom stereocenters. The lowest BCUT2D eigenvalue weighted by molar-refractivity contribution is 0.317. The van der Waals surface area contributed by atoms with E-state index >= 15 is 0 Å². The highest BCUT2D eigenvalue weighted by molar-refractivity contribution is 5.64. The molecule has 2 heteroatoms. The maximum Gasteiger partial charge on any atom is 0.119 e. The Morgan fingerprint density at radius 3 is 1.97 bits per heavy atom. The van der Waals surface area contributed by atoms with E-state index in [1.54, 1.807) is 0 Å². The highest BCUT2D eigenvalue weighted by Gasteiger charge is 2.02. The van der Waals surface area contributed by atoms with Gasteiger partial charge in [0.15, 0.2) is 0 Å². The minimum Gasteiger partial charge on any atom is -0.494 e. The summed E-state index contributed by atoms with van der Waals surface area (Å²) in [6.45, 7) is 5.15. The zero-order valence-electron chi connectivity index (χ0n) is 18.6. The van der Waals surface area contributed by atoms with Crippen molar-refractivity contribution in [2.24, 2.45) is 0 Å². The molecular formula is C28H35NO. The molecule has 0 unspecified atom stereocenters. The molecule has 0 saturated heterocycles. The van der Waals surface area contributed by atoms with Crippen LogP contribution in [-0.2, 0) is 19.3 Å². The molecule has 2 aromatic carbocycles. The minimum atomic E-state index is 0.768. The zero-order valence-corrected chi connectivity index (χ0v) is 18.6. The molecule has 30 heavy (non-hydrogen) atoms. The van der Waals surface area contributed by atoms with Crippen LogP contribution in [0.15, 0.2) is 66.9 Å². The van der Waals surface area contributed by atoms with Crippen molar-refractivity contribution in [2.75, 3.05) is 6.61 Å². The smallest absolute Gasteiger partial charge is 0.119 e. The van der Waals surface area contributed by atoms with Gasteiger partial charge in [-0.15, -0.1) is 0 Å². The predicted octanol–water partition coefficient (Wildman–Crippen LogP) is 7.45. The molecule has 0 amide bonds. The number of rotatable bonds is 12. The first kappa shape index (κ1) is 22.1. The van der Waals surface area contributed by atoms with Crippen LogP contribution in [-0.4, -0.2) is 11.6 Å². The maximum absolute atomic E-state index is 5.67. The number of hydrogen-bond acceptors (Lipinski definition) is 2. The molecule has 2 nitrogen and oxygen atoms in total. The number of aryl methyl sites for hydroxylation is 3. The van der Waals surface area contributed by atoms with E-state index in [-0.39, 0.29) is 0 Å². The molecule has 0 aliphatic rings. The average molecular weight is 402 g/mol. The first-order chi connectivity index (χ1) is 14.8. The van der Waals surface area contributed by atoms with Gasteiger partial charge >= 0.3 is 0 Å². The van der Waals surface area contributed by atoms with Crippen molar-refractivity contribution in [3.05, 3.63) is 83.7 Å². The zero-order chi connectivity index (χ0) is 21.0. The number of pyridine rings is 1. The van der Waals surface area contributed by atoms with Gasteiger partial charge in [0, 0.05) is 11.9 Å². The van der Waals surface area contributed by atoms with Crippen molar-refractivity contribution in [1.29, 1.82) is 0 Å². The number of aromatic nitrogens is 1. The number of hydrogen-bond donors (Lipinski definition) is 0. The summed E-state index contributed by atoms with van der Waals surface area (Å²) in [6, 6.07) is 21.7. The largest absolute Gasteiger partial charge is 0.494 e. The molecular weight excluding hydrogens is 366 g/mol. The van der Waals surface area contributed by atoms with Crippen molar-refractivity contribution in [2.45, 2.75) is 65.2 Å². The molecule has 0 radical (unpaired) electrons. The van der Waals surface area contributed by atoms with Crippen molar-refractivity contribution in [3.63, 3.8) is 0 Å². The van der Waals surface area contributed by atoms with Gasteiger partial charge in [-0.05, 0) is 72.6 Å². The molecule has 0 aliphatic carbocycles. The second-order valence-electron chi connectivity index (χ2n) is 8.04. The van der Waals surface area contributed by atoms with E-state index in [2.05, 4.69) is 85.7 Å². The molecule has 0 N–H and O–H groups in total. The summed E-state index contributed by atoms with van der Waals surface area (Å²) in [5.41, 5.74) is 6.37. The molecule has 0 fully saturated rings. The Hall–Kier alpha value is -2.61. The second-order valence-corrected chi connectivity index (χ2v) is 8.04. The summed E-state index contributed by atoms with van der Waals surface area (Å²) in [7, 11) is 0. The normalized spacial score (nSPS) is 10.9. The Morgan fingerprint density at radius 1 is 0.633 bits per heavy atom. The number of benzene rings is 2. The van der Waals surface area contributed by atoms with Gasteiger partial charge in [-0.25, -0.2) is 0 Å². The number of ether oxygens (including phenoxy) is 1. The first-order valence-electron chi connectivity index (χ1n) is 11.5. The Bertz CT molecular complexity index is 851. The van der Waals surface area contributed by atoms with E-state index in [1.807, 2.05) is 0 Å². The Balaban J connectivity index is 1.48. The van der Waals surface area contributed by atoms with Gasteiger partial charge in [-0.1, -0.05) is 75.6 Å². The highest BCUT2D eigenvalue weighted by Crippen LogP contribution is 2.23. The molecule has 3 aromatic rings. The molecule has 0 spiro atoms. The summed E-state index contributed by atoms with van der Waals surface area (Å²) in [5.74, 6) is 0.941. The van der Waals surface area contributed by atoms with E-state index in [9.17, 15) is 0 Å². The third-order valence-corrected chi connectivity index (χ3v) is 5.49. The quantitative estimate of drug-likeness (QED) is 0.294. The van der Waals surface area contributed by atoms with Crippen LogP contribution < -0.4 is 4.74 Å². The molecule has 0 bridgehead atoms. The van der Waals surface area contributed by atoms with Crippen LogP contribution in [0.25, 0.3) is 11.1 Å². The topological polar surface area (TPSA) is 22.1 Å². The molecule has 0 saturated carbocycles. The van der Waals surface area contributed by atoms with Crippen LogP contribution >= 0.6 is 0 Å². The fourth-order valence-corrected chi connectivity index (χ4v) is 3.61. The van der Waals surface area contributed by atoms with Crippen molar-refractivity contribution in [1.82, 2.24) is 4.98 Å². The van der Waals surface area contributed by atoms with Crippen LogP contribution in [0.1, 0.15) is 62.8 Å². The van der Waals surface area contributed by atoms with Gasteiger partial charge in [-0.2, -0.15) is 0 Å². The molecule has 3 rings (SSSR count). The standard InChI is InChI=1S/C28H35NO/c1-3-5-6-7-8-24-12-18-27(29-22-24)17-11-23-9-13-25(14-10-23)26-15-19-28(20-16-26)30-21-4-2/h9-10,12-16,18-20,22H,3-8,11,17,21H2,1-2H3. The van der Waals surface area contributed by atoms with Crippen molar-refractivity contribution < 1.29 is 4.74 Å². The molecule has 158 valence electrons. The van der Waals surface area contributed by atoms with Crippen LogP contribution in [0, 0.1) is 0 Å². The Labute approximate surface area is 182 Å². The van der Waals surface area contributed by atoms with Gasteiger partial charge in [0.2, 0.25) is 0 Å². The van der Waals surface area contributed by atoms with Crippen molar-refractivity contribution in [3.8, 4) is 16.9 Å².